The highest BCUT2D eigenvalue weighted by atomic mass is 16.8. The molecule has 5 aliphatic carbocycles. The van der Waals surface area contributed by atoms with Crippen LogP contribution in [0.2, 0.25) is 0 Å². The second kappa shape index (κ2) is 9.68. The van der Waals surface area contributed by atoms with Crippen molar-refractivity contribution in [1.29, 1.82) is 0 Å². The van der Waals surface area contributed by atoms with Gasteiger partial charge in [-0.15, -0.1) is 0 Å². The molecule has 3 aliphatic heterocycles. The fourth-order valence-corrected chi connectivity index (χ4v) is 14.2. The highest BCUT2D eigenvalue weighted by Gasteiger charge is 2.88. The Balaban J connectivity index is 1.09. The molecule has 18 atom stereocenters. The molecule has 3 saturated heterocycles. The molecule has 8 rings (SSSR count). The van der Waals surface area contributed by atoms with E-state index in [4.69, 9.17) is 18.9 Å². The van der Waals surface area contributed by atoms with Crippen LogP contribution in [0.25, 0.3) is 0 Å². The van der Waals surface area contributed by atoms with Gasteiger partial charge in [0, 0.05) is 11.3 Å². The first-order chi connectivity index (χ1) is 21.4. The van der Waals surface area contributed by atoms with Gasteiger partial charge in [-0.2, -0.15) is 0 Å². The Morgan fingerprint density at radius 1 is 0.848 bits per heavy atom. The maximum atomic E-state index is 12.7. The van der Waals surface area contributed by atoms with Crippen LogP contribution in [0.15, 0.2) is 0 Å². The first-order valence-electron chi connectivity index (χ1n) is 18.1. The van der Waals surface area contributed by atoms with Crippen LogP contribution in [0.3, 0.4) is 0 Å². The van der Waals surface area contributed by atoms with E-state index in [-0.39, 0.29) is 39.8 Å². The third-order valence-corrected chi connectivity index (χ3v) is 16.3. The maximum absolute atomic E-state index is 12.7. The van der Waals surface area contributed by atoms with Gasteiger partial charge >= 0.3 is 0 Å². The summed E-state index contributed by atoms with van der Waals surface area (Å²) in [6, 6.07) is 0. The number of aliphatic hydroxyl groups is 6. The topological polar surface area (TPSA) is 158 Å². The molecule has 5 saturated carbocycles. The average Bonchev–Trinajstić information content (AvgIpc) is 3.50. The molecular formula is C36H58O10. The van der Waals surface area contributed by atoms with Crippen molar-refractivity contribution in [2.75, 3.05) is 6.61 Å². The van der Waals surface area contributed by atoms with E-state index in [1.54, 1.807) is 13.8 Å². The lowest BCUT2D eigenvalue weighted by Crippen LogP contribution is -2.62. The van der Waals surface area contributed by atoms with Crippen LogP contribution in [-0.2, 0) is 18.9 Å². The Hall–Kier alpha value is -0.400. The van der Waals surface area contributed by atoms with Crippen LogP contribution in [0, 0.1) is 50.7 Å². The number of hydrogen-bond acceptors (Lipinski definition) is 10. The number of ether oxygens (including phenoxy) is 4. The molecule has 10 heteroatoms. The summed E-state index contributed by atoms with van der Waals surface area (Å²) in [5, 5.41) is 64.9. The van der Waals surface area contributed by atoms with Crippen LogP contribution < -0.4 is 0 Å². The lowest BCUT2D eigenvalue weighted by molar-refractivity contribution is -0.326. The highest BCUT2D eigenvalue weighted by molar-refractivity contribution is 5.34. The molecule has 18 unspecified atom stereocenters. The van der Waals surface area contributed by atoms with Gasteiger partial charge in [0.1, 0.15) is 36.6 Å². The van der Waals surface area contributed by atoms with E-state index in [1.165, 1.54) is 0 Å². The molecule has 3 heterocycles. The fourth-order valence-electron chi connectivity index (χ4n) is 14.2. The van der Waals surface area contributed by atoms with Gasteiger partial charge in [0.2, 0.25) is 0 Å². The SMILES string of the molecule is CC1CC2OC3(OC2C(C)(C)O)C1C1(C)CCC24CC25CCC(OC2OC(CO)C(O)C(O)C2O)C(C)(C)C5CCC4C1(C)C3O. The van der Waals surface area contributed by atoms with E-state index in [1.807, 2.05) is 0 Å². The molecule has 3 spiro atoms. The third-order valence-electron chi connectivity index (χ3n) is 16.3. The molecule has 0 aromatic heterocycles. The fraction of sp³-hybridized carbons (Fsp3) is 1.00. The van der Waals surface area contributed by atoms with Crippen molar-refractivity contribution in [1.82, 2.24) is 0 Å². The van der Waals surface area contributed by atoms with Gasteiger partial charge in [0.05, 0.1) is 24.4 Å². The van der Waals surface area contributed by atoms with Crippen molar-refractivity contribution >= 4 is 0 Å². The van der Waals surface area contributed by atoms with Crippen LogP contribution in [0.5, 0.6) is 0 Å². The first-order valence-corrected chi connectivity index (χ1v) is 18.1. The monoisotopic (exact) mass is 650 g/mol. The summed E-state index contributed by atoms with van der Waals surface area (Å²) in [5.74, 6) is -0.0409. The molecule has 8 fully saturated rings. The van der Waals surface area contributed by atoms with Gasteiger partial charge in [-0.25, -0.2) is 0 Å². The Labute approximate surface area is 273 Å². The van der Waals surface area contributed by atoms with Gasteiger partial charge in [0.15, 0.2) is 12.1 Å². The molecule has 0 aromatic rings. The van der Waals surface area contributed by atoms with Gasteiger partial charge in [-0.05, 0) is 105 Å². The van der Waals surface area contributed by atoms with Crippen molar-refractivity contribution in [3.63, 3.8) is 0 Å². The third kappa shape index (κ3) is 3.63. The minimum absolute atomic E-state index is 0.0486. The van der Waals surface area contributed by atoms with Crippen molar-refractivity contribution < 1.29 is 49.6 Å². The van der Waals surface area contributed by atoms with Crippen LogP contribution in [0.4, 0.5) is 0 Å². The number of fused-ring (bicyclic) bond motifs is 4. The summed E-state index contributed by atoms with van der Waals surface area (Å²) in [4.78, 5) is 0. The highest BCUT2D eigenvalue weighted by Crippen LogP contribution is 2.90. The Morgan fingerprint density at radius 2 is 1.52 bits per heavy atom. The van der Waals surface area contributed by atoms with Crippen molar-refractivity contribution in [3.05, 3.63) is 0 Å². The second-order valence-corrected chi connectivity index (χ2v) is 18.7. The van der Waals surface area contributed by atoms with Gasteiger partial charge < -0.3 is 49.6 Å². The molecule has 6 N–H and O–H groups in total. The summed E-state index contributed by atoms with van der Waals surface area (Å²) >= 11 is 0. The van der Waals surface area contributed by atoms with E-state index in [9.17, 15) is 30.6 Å². The molecule has 8 aliphatic rings. The summed E-state index contributed by atoms with van der Waals surface area (Å²) in [5.41, 5.74) is -1.62. The largest absolute Gasteiger partial charge is 0.394 e. The molecule has 2 bridgehead atoms. The van der Waals surface area contributed by atoms with Gasteiger partial charge in [0.25, 0.3) is 0 Å². The minimum Gasteiger partial charge on any atom is -0.394 e. The van der Waals surface area contributed by atoms with Crippen LogP contribution in [0.1, 0.15) is 99.8 Å². The zero-order chi connectivity index (χ0) is 33.2. The number of rotatable bonds is 4. The summed E-state index contributed by atoms with van der Waals surface area (Å²) in [6.07, 6.45) is -0.227. The lowest BCUT2D eigenvalue weighted by atomic mass is 9.41. The van der Waals surface area contributed by atoms with E-state index < -0.39 is 66.3 Å². The van der Waals surface area contributed by atoms with Gasteiger partial charge in [-0.3, -0.25) is 0 Å². The van der Waals surface area contributed by atoms with E-state index in [0.29, 0.717) is 17.8 Å². The Bertz CT molecular complexity index is 1250. The molecule has 46 heavy (non-hydrogen) atoms. The van der Waals surface area contributed by atoms with E-state index in [0.717, 1.165) is 51.4 Å². The average molecular weight is 651 g/mol. The number of hydrogen-bond donors (Lipinski definition) is 6. The van der Waals surface area contributed by atoms with Crippen molar-refractivity contribution in [3.8, 4) is 0 Å². The standard InChI is InChI=1S/C36H58O10/c1-17-14-18-27(31(4,5)42)46-36(45-18)26(17)32(6)12-13-35-16-34(35)11-10-22(44-28-25(40)24(39)23(38)19(15-37)43-28)30(2,3)20(34)8-9-21(35)33(32,7)29(36)41/h17-29,37-42H,8-16H2,1-7H3. The Morgan fingerprint density at radius 3 is 2.20 bits per heavy atom. The zero-order valence-electron chi connectivity index (χ0n) is 28.7. The second-order valence-electron chi connectivity index (χ2n) is 18.7. The van der Waals surface area contributed by atoms with E-state index in [2.05, 4.69) is 34.6 Å². The predicted octanol–water partition coefficient (Wildman–Crippen LogP) is 2.48. The molecular weight excluding hydrogens is 592 g/mol. The van der Waals surface area contributed by atoms with E-state index >= 15 is 0 Å². The predicted molar refractivity (Wildman–Crippen MR) is 165 cm³/mol. The maximum Gasteiger partial charge on any atom is 0.199 e. The lowest BCUT2D eigenvalue weighted by Gasteiger charge is -2.63. The smallest absolute Gasteiger partial charge is 0.199 e. The van der Waals surface area contributed by atoms with Crippen molar-refractivity contribution in [2.45, 2.75) is 166 Å². The molecule has 262 valence electrons. The molecule has 0 aromatic carbocycles. The molecule has 10 nitrogen and oxygen atoms in total. The van der Waals surface area contributed by atoms with Crippen LogP contribution in [-0.4, -0.2) is 104 Å². The quantitative estimate of drug-likeness (QED) is 0.250. The zero-order valence-corrected chi connectivity index (χ0v) is 28.7. The molecule has 0 amide bonds. The van der Waals surface area contributed by atoms with Crippen molar-refractivity contribution in [2.24, 2.45) is 50.7 Å². The van der Waals surface area contributed by atoms with Gasteiger partial charge in [-0.1, -0.05) is 34.6 Å². The summed E-state index contributed by atoms with van der Waals surface area (Å²) in [7, 11) is 0. The Kier molecular flexibility index (Phi) is 6.90. The number of aliphatic hydroxyl groups excluding tert-OH is 5. The molecule has 0 radical (unpaired) electrons. The normalized spacial score (nSPS) is 61.6. The first kappa shape index (κ1) is 32.8. The summed E-state index contributed by atoms with van der Waals surface area (Å²) in [6.45, 7) is 14.7. The van der Waals surface area contributed by atoms with Crippen LogP contribution >= 0.6 is 0 Å². The summed E-state index contributed by atoms with van der Waals surface area (Å²) < 4.78 is 25.9. The minimum atomic E-state index is -1.46.